The monoisotopic (exact) mass is 520 g/mol. The second-order valence-corrected chi connectivity index (χ2v) is 8.55. The number of methoxy groups -OCH3 is 1. The molecule has 0 aliphatic rings. The minimum atomic E-state index is -0.751. The zero-order valence-corrected chi connectivity index (χ0v) is 21.0. The van der Waals surface area contributed by atoms with E-state index >= 15 is 0 Å². The summed E-state index contributed by atoms with van der Waals surface area (Å²) in [5.41, 5.74) is 4.69. The van der Waals surface area contributed by atoms with Crippen LogP contribution in [0.5, 0.6) is 17.2 Å². The molecule has 1 N–H and O–H groups in total. The van der Waals surface area contributed by atoms with Gasteiger partial charge in [0.2, 0.25) is 0 Å². The number of hydrogen-bond donors (Lipinski definition) is 1. The van der Waals surface area contributed by atoms with E-state index in [1.54, 1.807) is 61.5 Å². The third kappa shape index (κ3) is 6.79. The number of carbonyl (C=O) groups is 1. The minimum absolute atomic E-state index is 0.184. The highest BCUT2D eigenvalue weighted by Gasteiger charge is 2.15. The summed E-state index contributed by atoms with van der Waals surface area (Å²) in [7, 11) is 1.53. The van der Waals surface area contributed by atoms with Gasteiger partial charge in [0.05, 0.1) is 13.3 Å². The molecule has 0 aliphatic carbocycles. The van der Waals surface area contributed by atoms with E-state index in [0.717, 1.165) is 5.56 Å². The van der Waals surface area contributed by atoms with E-state index in [2.05, 4.69) is 10.5 Å². The fraction of sp³-hybridized carbons (Fsp3) is 0.200. The predicted octanol–water partition coefficient (Wildman–Crippen LogP) is 6.46. The summed E-state index contributed by atoms with van der Waals surface area (Å²) < 4.78 is 17.0. The smallest absolute Gasteiger partial charge is 0.280 e. The van der Waals surface area contributed by atoms with Crippen LogP contribution >= 0.6 is 34.8 Å². The topological polar surface area (TPSA) is 69.2 Å². The van der Waals surface area contributed by atoms with Gasteiger partial charge in [-0.2, -0.15) is 5.10 Å². The number of halogens is 3. The van der Waals surface area contributed by atoms with Crippen LogP contribution in [0.1, 0.15) is 23.6 Å². The number of aryl methyl sites for hydroxylation is 1. The standard InChI is InChI=1S/C25H23Cl3N2O4/c1-15-11-18(26)8-10-22(15)34-16(2)25(31)30-29-13-17-7-9-23(24(12-17)32-3)33-14-19-20(27)5-4-6-21(19)28/h4-13,16H,14H2,1-3H3,(H,30,31)/t16-/m1/s1. The lowest BCUT2D eigenvalue weighted by Gasteiger charge is -2.15. The van der Waals surface area contributed by atoms with Crippen LogP contribution in [0.15, 0.2) is 59.7 Å². The van der Waals surface area contributed by atoms with Crippen molar-refractivity contribution in [2.24, 2.45) is 5.10 Å². The van der Waals surface area contributed by atoms with Crippen LogP contribution in [0.2, 0.25) is 15.1 Å². The molecule has 0 aromatic heterocycles. The third-order valence-corrected chi connectivity index (χ3v) is 5.76. The van der Waals surface area contributed by atoms with Crippen LogP contribution in [-0.2, 0) is 11.4 Å². The molecule has 9 heteroatoms. The van der Waals surface area contributed by atoms with E-state index < -0.39 is 12.0 Å². The molecule has 0 fully saturated rings. The lowest BCUT2D eigenvalue weighted by molar-refractivity contribution is -0.127. The maximum absolute atomic E-state index is 12.3. The highest BCUT2D eigenvalue weighted by atomic mass is 35.5. The molecule has 178 valence electrons. The number of nitrogens with one attached hydrogen (secondary N) is 1. The Bertz CT molecular complexity index is 1180. The Hall–Kier alpha value is -2.93. The van der Waals surface area contributed by atoms with Crippen LogP contribution in [-0.4, -0.2) is 25.3 Å². The SMILES string of the molecule is COc1cc(C=NNC(=O)[C@@H](C)Oc2ccc(Cl)cc2C)ccc1OCc1c(Cl)cccc1Cl. The predicted molar refractivity (Wildman–Crippen MR) is 136 cm³/mol. The third-order valence-electron chi connectivity index (χ3n) is 4.82. The summed E-state index contributed by atoms with van der Waals surface area (Å²) in [6.45, 7) is 3.68. The molecule has 0 saturated carbocycles. The number of benzene rings is 3. The number of nitrogens with zero attached hydrogens (tertiary/aromatic N) is 1. The fourth-order valence-corrected chi connectivity index (χ4v) is 3.69. The lowest BCUT2D eigenvalue weighted by atomic mass is 10.2. The Kier molecular flexibility index (Phi) is 9.05. The number of rotatable bonds is 9. The van der Waals surface area contributed by atoms with E-state index in [-0.39, 0.29) is 6.61 Å². The van der Waals surface area contributed by atoms with E-state index in [1.807, 2.05) is 6.92 Å². The molecule has 0 bridgehead atoms. The van der Waals surface area contributed by atoms with Crippen LogP contribution in [0, 0.1) is 6.92 Å². The Morgan fingerprint density at radius 2 is 1.74 bits per heavy atom. The van der Waals surface area contributed by atoms with E-state index in [9.17, 15) is 4.79 Å². The van der Waals surface area contributed by atoms with Gasteiger partial charge in [-0.15, -0.1) is 0 Å². The lowest BCUT2D eigenvalue weighted by Crippen LogP contribution is -2.33. The number of carbonyl (C=O) groups excluding carboxylic acids is 1. The van der Waals surface area contributed by atoms with Crippen molar-refractivity contribution in [2.75, 3.05) is 7.11 Å². The molecule has 1 amide bonds. The molecule has 3 aromatic carbocycles. The molecule has 3 aromatic rings. The number of hydrogen-bond acceptors (Lipinski definition) is 5. The first-order valence-corrected chi connectivity index (χ1v) is 11.4. The molecule has 34 heavy (non-hydrogen) atoms. The maximum Gasteiger partial charge on any atom is 0.280 e. The highest BCUT2D eigenvalue weighted by molar-refractivity contribution is 6.36. The van der Waals surface area contributed by atoms with Crippen molar-refractivity contribution in [1.82, 2.24) is 5.43 Å². The van der Waals surface area contributed by atoms with E-state index in [0.29, 0.717) is 43.4 Å². The van der Waals surface area contributed by atoms with Gasteiger partial charge >= 0.3 is 0 Å². The minimum Gasteiger partial charge on any atom is -0.493 e. The van der Waals surface area contributed by atoms with Crippen LogP contribution < -0.4 is 19.6 Å². The van der Waals surface area contributed by atoms with Crippen molar-refractivity contribution in [2.45, 2.75) is 26.6 Å². The number of hydrazone groups is 1. The van der Waals surface area contributed by atoms with Gasteiger partial charge in [0.15, 0.2) is 17.6 Å². The summed E-state index contributed by atoms with van der Waals surface area (Å²) in [5, 5.41) is 5.66. The molecule has 0 radical (unpaired) electrons. The first-order chi connectivity index (χ1) is 16.3. The molecular weight excluding hydrogens is 499 g/mol. The van der Waals surface area contributed by atoms with Gasteiger partial charge in [-0.05, 0) is 73.5 Å². The molecule has 6 nitrogen and oxygen atoms in total. The number of amides is 1. The second-order valence-electron chi connectivity index (χ2n) is 7.30. The van der Waals surface area contributed by atoms with Gasteiger partial charge in [-0.3, -0.25) is 4.79 Å². The zero-order valence-electron chi connectivity index (χ0n) is 18.8. The molecule has 0 aliphatic heterocycles. The fourth-order valence-electron chi connectivity index (χ4n) is 2.95. The summed E-state index contributed by atoms with van der Waals surface area (Å²) >= 11 is 18.3. The summed E-state index contributed by atoms with van der Waals surface area (Å²) in [4.78, 5) is 12.3. The largest absolute Gasteiger partial charge is 0.493 e. The Labute approximate surface area is 213 Å². The zero-order chi connectivity index (χ0) is 24.7. The van der Waals surface area contributed by atoms with Gasteiger partial charge in [0, 0.05) is 20.6 Å². The van der Waals surface area contributed by atoms with Crippen molar-refractivity contribution < 1.29 is 19.0 Å². The number of ether oxygens (including phenoxy) is 3. The van der Waals surface area contributed by atoms with Gasteiger partial charge in [0.25, 0.3) is 5.91 Å². The van der Waals surface area contributed by atoms with Gasteiger partial charge in [-0.1, -0.05) is 40.9 Å². The average molecular weight is 522 g/mol. The molecule has 0 spiro atoms. The van der Waals surface area contributed by atoms with E-state index in [1.165, 1.54) is 13.3 Å². The van der Waals surface area contributed by atoms with Crippen LogP contribution in [0.3, 0.4) is 0 Å². The summed E-state index contributed by atoms with van der Waals surface area (Å²) in [5.74, 6) is 1.19. The molecule has 0 heterocycles. The van der Waals surface area contributed by atoms with Gasteiger partial charge in [-0.25, -0.2) is 5.43 Å². The maximum atomic E-state index is 12.3. The van der Waals surface area contributed by atoms with Crippen LogP contribution in [0.4, 0.5) is 0 Å². The molecule has 1 atom stereocenters. The van der Waals surface area contributed by atoms with Crippen LogP contribution in [0.25, 0.3) is 0 Å². The first-order valence-electron chi connectivity index (χ1n) is 10.3. The van der Waals surface area contributed by atoms with Gasteiger partial charge < -0.3 is 14.2 Å². The second kappa shape index (κ2) is 12.0. The summed E-state index contributed by atoms with van der Waals surface area (Å²) in [6.07, 6.45) is 0.744. The Balaban J connectivity index is 1.59. The van der Waals surface area contributed by atoms with Crippen molar-refractivity contribution in [1.29, 1.82) is 0 Å². The van der Waals surface area contributed by atoms with Crippen molar-refractivity contribution in [3.8, 4) is 17.2 Å². The summed E-state index contributed by atoms with van der Waals surface area (Å²) in [6, 6.07) is 15.7. The Morgan fingerprint density at radius 3 is 2.41 bits per heavy atom. The molecule has 0 saturated heterocycles. The molecule has 0 unspecified atom stereocenters. The van der Waals surface area contributed by atoms with Crippen molar-refractivity contribution >= 4 is 46.9 Å². The van der Waals surface area contributed by atoms with Crippen molar-refractivity contribution in [3.05, 3.63) is 86.4 Å². The molecular formula is C25H23Cl3N2O4. The first kappa shape index (κ1) is 25.7. The van der Waals surface area contributed by atoms with Crippen molar-refractivity contribution in [3.63, 3.8) is 0 Å². The quantitative estimate of drug-likeness (QED) is 0.259. The molecule has 3 rings (SSSR count). The van der Waals surface area contributed by atoms with E-state index in [4.69, 9.17) is 49.0 Å². The van der Waals surface area contributed by atoms with Gasteiger partial charge in [0.1, 0.15) is 12.4 Å². The highest BCUT2D eigenvalue weighted by Crippen LogP contribution is 2.31. The normalized spacial score (nSPS) is 11.8. The Morgan fingerprint density at radius 1 is 1.03 bits per heavy atom. The average Bonchev–Trinajstić information content (AvgIpc) is 2.81.